The van der Waals surface area contributed by atoms with Gasteiger partial charge in [-0.1, -0.05) is 0 Å². The SMILES string of the molecule is CCNC(=O)CN(C)C1CCNC1. The van der Waals surface area contributed by atoms with E-state index in [0.29, 0.717) is 12.6 Å². The van der Waals surface area contributed by atoms with Crippen LogP contribution < -0.4 is 10.6 Å². The molecule has 1 aliphatic heterocycles. The Balaban J connectivity index is 2.22. The largest absolute Gasteiger partial charge is 0.355 e. The summed E-state index contributed by atoms with van der Waals surface area (Å²) >= 11 is 0. The maximum atomic E-state index is 11.2. The Morgan fingerprint density at radius 3 is 3.00 bits per heavy atom. The molecule has 13 heavy (non-hydrogen) atoms. The highest BCUT2D eigenvalue weighted by Gasteiger charge is 2.20. The highest BCUT2D eigenvalue weighted by molar-refractivity contribution is 5.77. The molecular weight excluding hydrogens is 166 g/mol. The van der Waals surface area contributed by atoms with Gasteiger partial charge in [0.25, 0.3) is 0 Å². The van der Waals surface area contributed by atoms with Crippen molar-refractivity contribution >= 4 is 5.91 Å². The molecule has 1 fully saturated rings. The molecule has 0 spiro atoms. The molecule has 0 bridgehead atoms. The lowest BCUT2D eigenvalue weighted by atomic mass is 10.2. The molecule has 0 aliphatic carbocycles. The number of hydrogen-bond acceptors (Lipinski definition) is 3. The van der Waals surface area contributed by atoms with Gasteiger partial charge in [-0.2, -0.15) is 0 Å². The predicted octanol–water partition coefficient (Wildman–Crippen LogP) is -0.584. The summed E-state index contributed by atoms with van der Waals surface area (Å²) in [6, 6.07) is 0.530. The lowest BCUT2D eigenvalue weighted by Crippen LogP contribution is -2.41. The zero-order valence-electron chi connectivity index (χ0n) is 8.47. The Kier molecular flexibility index (Phi) is 4.18. The van der Waals surface area contributed by atoms with Crippen LogP contribution in [0.5, 0.6) is 0 Å². The van der Waals surface area contributed by atoms with Crippen molar-refractivity contribution in [3.63, 3.8) is 0 Å². The molecule has 0 radical (unpaired) electrons. The van der Waals surface area contributed by atoms with Crippen molar-refractivity contribution in [2.24, 2.45) is 0 Å². The van der Waals surface area contributed by atoms with Crippen LogP contribution in [0.25, 0.3) is 0 Å². The molecule has 1 saturated heterocycles. The molecule has 0 saturated carbocycles. The summed E-state index contributed by atoms with van der Waals surface area (Å²) in [5, 5.41) is 6.08. The lowest BCUT2D eigenvalue weighted by molar-refractivity contribution is -0.122. The minimum atomic E-state index is 0.122. The molecule has 0 aromatic carbocycles. The Morgan fingerprint density at radius 1 is 1.69 bits per heavy atom. The molecular formula is C9H19N3O. The maximum Gasteiger partial charge on any atom is 0.234 e. The topological polar surface area (TPSA) is 44.4 Å². The molecule has 1 amide bonds. The number of nitrogens with one attached hydrogen (secondary N) is 2. The Morgan fingerprint density at radius 2 is 2.46 bits per heavy atom. The van der Waals surface area contributed by atoms with Crippen LogP contribution in [0.4, 0.5) is 0 Å². The van der Waals surface area contributed by atoms with Gasteiger partial charge in [0.05, 0.1) is 6.54 Å². The zero-order valence-corrected chi connectivity index (χ0v) is 8.47. The van der Waals surface area contributed by atoms with Crippen molar-refractivity contribution < 1.29 is 4.79 Å². The van der Waals surface area contributed by atoms with Gasteiger partial charge in [-0.3, -0.25) is 9.69 Å². The van der Waals surface area contributed by atoms with Gasteiger partial charge in [0, 0.05) is 19.1 Å². The number of carbonyl (C=O) groups is 1. The van der Waals surface area contributed by atoms with Crippen LogP contribution in [0, 0.1) is 0 Å². The summed E-state index contributed by atoms with van der Waals surface area (Å²) < 4.78 is 0. The highest BCUT2D eigenvalue weighted by atomic mass is 16.2. The number of nitrogens with zero attached hydrogens (tertiary/aromatic N) is 1. The number of amides is 1. The first-order valence-electron chi connectivity index (χ1n) is 4.91. The summed E-state index contributed by atoms with van der Waals surface area (Å²) in [4.78, 5) is 13.4. The fourth-order valence-corrected chi connectivity index (χ4v) is 1.62. The van der Waals surface area contributed by atoms with Gasteiger partial charge in [-0.25, -0.2) is 0 Å². The molecule has 1 aliphatic rings. The van der Waals surface area contributed by atoms with E-state index in [1.807, 2.05) is 14.0 Å². The van der Waals surface area contributed by atoms with Crippen LogP contribution in [0.3, 0.4) is 0 Å². The van der Waals surface area contributed by atoms with E-state index in [9.17, 15) is 4.79 Å². The van der Waals surface area contributed by atoms with Gasteiger partial charge in [0.15, 0.2) is 0 Å². The van der Waals surface area contributed by atoms with Gasteiger partial charge >= 0.3 is 0 Å². The summed E-state index contributed by atoms with van der Waals surface area (Å²) in [7, 11) is 2.01. The molecule has 1 unspecified atom stereocenters. The summed E-state index contributed by atoms with van der Waals surface area (Å²) in [6.45, 7) is 5.26. The first-order valence-corrected chi connectivity index (χ1v) is 4.91. The van der Waals surface area contributed by atoms with E-state index in [1.165, 1.54) is 0 Å². The van der Waals surface area contributed by atoms with Gasteiger partial charge in [0.1, 0.15) is 0 Å². The molecule has 0 aromatic rings. The third-order valence-electron chi connectivity index (χ3n) is 2.42. The van der Waals surface area contributed by atoms with Crippen molar-refractivity contribution in [3.05, 3.63) is 0 Å². The Labute approximate surface area is 79.7 Å². The first-order chi connectivity index (χ1) is 6.24. The number of carbonyl (C=O) groups excluding carboxylic acids is 1. The van der Waals surface area contributed by atoms with E-state index in [4.69, 9.17) is 0 Å². The van der Waals surface area contributed by atoms with Crippen LogP contribution in [-0.2, 0) is 4.79 Å². The number of hydrogen-bond donors (Lipinski definition) is 2. The fourth-order valence-electron chi connectivity index (χ4n) is 1.62. The molecule has 76 valence electrons. The van der Waals surface area contributed by atoms with Gasteiger partial charge in [0.2, 0.25) is 5.91 Å². The van der Waals surface area contributed by atoms with E-state index in [0.717, 1.165) is 26.1 Å². The van der Waals surface area contributed by atoms with Crippen LogP contribution >= 0.6 is 0 Å². The Hall–Kier alpha value is -0.610. The molecule has 4 nitrogen and oxygen atoms in total. The molecule has 1 heterocycles. The molecule has 0 aromatic heterocycles. The van der Waals surface area contributed by atoms with Crippen molar-refractivity contribution in [2.75, 3.05) is 33.2 Å². The monoisotopic (exact) mass is 185 g/mol. The van der Waals surface area contributed by atoms with E-state index < -0.39 is 0 Å². The fraction of sp³-hybridized carbons (Fsp3) is 0.889. The smallest absolute Gasteiger partial charge is 0.234 e. The first kappa shape index (κ1) is 10.5. The van der Waals surface area contributed by atoms with Crippen molar-refractivity contribution in [1.82, 2.24) is 15.5 Å². The van der Waals surface area contributed by atoms with Gasteiger partial charge in [-0.05, 0) is 26.9 Å². The zero-order chi connectivity index (χ0) is 9.68. The third kappa shape index (κ3) is 3.32. The van der Waals surface area contributed by atoms with E-state index >= 15 is 0 Å². The number of likely N-dealkylation sites (N-methyl/N-ethyl adjacent to an activating group) is 2. The van der Waals surface area contributed by atoms with Gasteiger partial charge < -0.3 is 10.6 Å². The summed E-state index contributed by atoms with van der Waals surface area (Å²) in [5.74, 6) is 0.122. The van der Waals surface area contributed by atoms with E-state index in [1.54, 1.807) is 0 Å². The highest BCUT2D eigenvalue weighted by Crippen LogP contribution is 2.04. The van der Waals surface area contributed by atoms with Crippen molar-refractivity contribution in [1.29, 1.82) is 0 Å². The predicted molar refractivity (Wildman–Crippen MR) is 52.6 cm³/mol. The lowest BCUT2D eigenvalue weighted by Gasteiger charge is -2.22. The van der Waals surface area contributed by atoms with Crippen LogP contribution in [0.1, 0.15) is 13.3 Å². The minimum absolute atomic E-state index is 0.122. The van der Waals surface area contributed by atoms with Gasteiger partial charge in [-0.15, -0.1) is 0 Å². The van der Waals surface area contributed by atoms with Crippen LogP contribution in [-0.4, -0.2) is 50.1 Å². The standard InChI is InChI=1S/C9H19N3O/c1-3-11-9(13)7-12(2)8-4-5-10-6-8/h8,10H,3-7H2,1-2H3,(H,11,13). The number of rotatable bonds is 4. The molecule has 1 rings (SSSR count). The third-order valence-corrected chi connectivity index (χ3v) is 2.42. The maximum absolute atomic E-state index is 11.2. The average Bonchev–Trinajstić information content (AvgIpc) is 2.55. The second kappa shape index (κ2) is 5.19. The Bertz CT molecular complexity index is 166. The van der Waals surface area contributed by atoms with Crippen molar-refractivity contribution in [3.8, 4) is 0 Å². The average molecular weight is 185 g/mol. The second-order valence-corrected chi connectivity index (χ2v) is 3.52. The van der Waals surface area contributed by atoms with Crippen molar-refractivity contribution in [2.45, 2.75) is 19.4 Å². The van der Waals surface area contributed by atoms with E-state index in [2.05, 4.69) is 15.5 Å². The van der Waals surface area contributed by atoms with Crippen LogP contribution in [0.15, 0.2) is 0 Å². The molecule has 4 heteroatoms. The summed E-state index contributed by atoms with van der Waals surface area (Å²) in [5.41, 5.74) is 0. The van der Waals surface area contributed by atoms with E-state index in [-0.39, 0.29) is 5.91 Å². The van der Waals surface area contributed by atoms with Crippen LogP contribution in [0.2, 0.25) is 0 Å². The molecule has 2 N–H and O–H groups in total. The second-order valence-electron chi connectivity index (χ2n) is 3.52. The minimum Gasteiger partial charge on any atom is -0.355 e. The molecule has 1 atom stereocenters. The normalized spacial score (nSPS) is 22.2. The quantitative estimate of drug-likeness (QED) is 0.615. The summed E-state index contributed by atoms with van der Waals surface area (Å²) in [6.07, 6.45) is 1.15.